The lowest BCUT2D eigenvalue weighted by molar-refractivity contribution is -0.119. The first kappa shape index (κ1) is 12.0. The maximum atomic E-state index is 11.8. The number of carbonyl (C=O) groups excluding carboxylic acids is 1. The number of anilines is 1. The molecule has 0 saturated carbocycles. The second-order valence-electron chi connectivity index (χ2n) is 4.12. The number of nitrogens with one attached hydrogen (secondary N) is 2. The van der Waals surface area contributed by atoms with Gasteiger partial charge in [0.1, 0.15) is 5.82 Å². The lowest BCUT2D eigenvalue weighted by Gasteiger charge is -2.23. The highest BCUT2D eigenvalue weighted by Crippen LogP contribution is 2.10. The van der Waals surface area contributed by atoms with Crippen LogP contribution in [-0.2, 0) is 9.53 Å². The van der Waals surface area contributed by atoms with Gasteiger partial charge in [0.25, 0.3) is 0 Å². The van der Waals surface area contributed by atoms with E-state index in [1.165, 1.54) is 0 Å². The van der Waals surface area contributed by atoms with Crippen LogP contribution in [0.2, 0.25) is 0 Å². The molecule has 1 aliphatic rings. The van der Waals surface area contributed by atoms with Crippen molar-refractivity contribution < 1.29 is 9.53 Å². The normalized spacial score (nSPS) is 19.9. The van der Waals surface area contributed by atoms with E-state index in [4.69, 9.17) is 4.74 Å². The predicted molar refractivity (Wildman–Crippen MR) is 64.8 cm³/mol. The van der Waals surface area contributed by atoms with E-state index in [0.29, 0.717) is 18.8 Å². The van der Waals surface area contributed by atoms with Crippen molar-refractivity contribution in [3.05, 3.63) is 23.9 Å². The summed E-state index contributed by atoms with van der Waals surface area (Å²) in [7, 11) is 0. The van der Waals surface area contributed by atoms with Crippen molar-refractivity contribution in [3.63, 3.8) is 0 Å². The Bertz CT molecular complexity index is 389. The van der Waals surface area contributed by atoms with E-state index >= 15 is 0 Å². The van der Waals surface area contributed by atoms with Crippen molar-refractivity contribution in [2.45, 2.75) is 19.4 Å². The molecular formula is C12H17N3O2. The number of aromatic nitrogens is 1. The number of pyridine rings is 1. The minimum atomic E-state index is -0.0551. The minimum Gasteiger partial charge on any atom is -0.375 e. The number of aryl methyl sites for hydroxylation is 1. The van der Waals surface area contributed by atoms with Gasteiger partial charge in [-0.15, -0.1) is 0 Å². The Kier molecular flexibility index (Phi) is 4.06. The molecule has 2 heterocycles. The number of ether oxygens (including phenoxy) is 1. The number of hydrogen-bond donors (Lipinski definition) is 2. The molecule has 0 aromatic carbocycles. The van der Waals surface area contributed by atoms with Crippen LogP contribution in [0.3, 0.4) is 0 Å². The maximum Gasteiger partial charge on any atom is 0.228 e. The Labute approximate surface area is 101 Å². The van der Waals surface area contributed by atoms with Gasteiger partial charge in [-0.3, -0.25) is 4.79 Å². The molecule has 2 rings (SSSR count). The van der Waals surface area contributed by atoms with Gasteiger partial charge < -0.3 is 15.4 Å². The topological polar surface area (TPSA) is 63.2 Å². The Balaban J connectivity index is 1.86. The molecule has 0 radical (unpaired) electrons. The fourth-order valence-electron chi connectivity index (χ4n) is 1.76. The number of rotatable bonds is 3. The van der Waals surface area contributed by atoms with E-state index in [9.17, 15) is 4.79 Å². The third-order valence-electron chi connectivity index (χ3n) is 2.68. The van der Waals surface area contributed by atoms with E-state index in [0.717, 1.165) is 18.7 Å². The molecule has 1 aromatic heterocycles. The summed E-state index contributed by atoms with van der Waals surface area (Å²) in [6.45, 7) is 4.17. The zero-order valence-corrected chi connectivity index (χ0v) is 9.90. The second kappa shape index (κ2) is 5.75. The number of hydrogen-bond acceptors (Lipinski definition) is 4. The van der Waals surface area contributed by atoms with Crippen LogP contribution < -0.4 is 10.6 Å². The Morgan fingerprint density at radius 3 is 3.29 bits per heavy atom. The fourth-order valence-corrected chi connectivity index (χ4v) is 1.76. The second-order valence-corrected chi connectivity index (χ2v) is 4.12. The molecule has 1 atom stereocenters. The van der Waals surface area contributed by atoms with Crippen LogP contribution in [0.25, 0.3) is 0 Å². The summed E-state index contributed by atoms with van der Waals surface area (Å²) in [6.07, 6.45) is 2.00. The zero-order valence-electron chi connectivity index (χ0n) is 9.90. The predicted octanol–water partition coefficient (Wildman–Crippen LogP) is 0.707. The molecule has 5 nitrogen and oxygen atoms in total. The van der Waals surface area contributed by atoms with Gasteiger partial charge in [0.05, 0.1) is 19.1 Å². The summed E-state index contributed by atoms with van der Waals surface area (Å²) >= 11 is 0. The van der Waals surface area contributed by atoms with Crippen LogP contribution in [0.5, 0.6) is 0 Å². The van der Waals surface area contributed by atoms with Gasteiger partial charge in [-0.25, -0.2) is 4.98 Å². The van der Waals surface area contributed by atoms with Crippen molar-refractivity contribution >= 4 is 11.7 Å². The Morgan fingerprint density at radius 2 is 2.59 bits per heavy atom. The first-order chi connectivity index (χ1) is 8.25. The number of carbonyl (C=O) groups is 1. The molecule has 1 saturated heterocycles. The van der Waals surface area contributed by atoms with Gasteiger partial charge in [0.2, 0.25) is 5.91 Å². The summed E-state index contributed by atoms with van der Waals surface area (Å²) in [5, 5.41) is 5.99. The van der Waals surface area contributed by atoms with Crippen LogP contribution in [0.15, 0.2) is 18.3 Å². The van der Waals surface area contributed by atoms with Gasteiger partial charge in [-0.05, 0) is 18.6 Å². The molecule has 92 valence electrons. The number of amides is 1. The van der Waals surface area contributed by atoms with Crippen LogP contribution in [0.4, 0.5) is 5.82 Å². The molecule has 1 aliphatic heterocycles. The summed E-state index contributed by atoms with van der Waals surface area (Å²) in [5.41, 5.74) is 0.962. The first-order valence-corrected chi connectivity index (χ1v) is 5.79. The highest BCUT2D eigenvalue weighted by atomic mass is 16.5. The minimum absolute atomic E-state index is 0.0345. The van der Waals surface area contributed by atoms with E-state index < -0.39 is 0 Å². The third-order valence-corrected chi connectivity index (χ3v) is 2.68. The van der Waals surface area contributed by atoms with Gasteiger partial charge >= 0.3 is 0 Å². The molecule has 1 fully saturated rings. The number of morpholine rings is 1. The van der Waals surface area contributed by atoms with Gasteiger partial charge in [-0.2, -0.15) is 0 Å². The standard InChI is InChI=1S/C12H17N3O2/c1-9-3-2-4-14-12(9)15-11(16)7-10-8-13-5-6-17-10/h2-4,10,13H,5-8H2,1H3,(H,14,15,16). The maximum absolute atomic E-state index is 11.8. The van der Waals surface area contributed by atoms with Crippen LogP contribution in [-0.4, -0.2) is 36.7 Å². The molecular weight excluding hydrogens is 218 g/mol. The summed E-state index contributed by atoms with van der Waals surface area (Å²) < 4.78 is 5.47. The Morgan fingerprint density at radius 1 is 1.71 bits per heavy atom. The molecule has 0 spiro atoms. The molecule has 2 N–H and O–H groups in total. The third kappa shape index (κ3) is 3.51. The fraction of sp³-hybridized carbons (Fsp3) is 0.500. The average Bonchev–Trinajstić information content (AvgIpc) is 2.33. The van der Waals surface area contributed by atoms with E-state index in [1.54, 1.807) is 6.20 Å². The first-order valence-electron chi connectivity index (χ1n) is 5.79. The zero-order chi connectivity index (χ0) is 12.1. The lowest BCUT2D eigenvalue weighted by atomic mass is 10.2. The monoisotopic (exact) mass is 235 g/mol. The molecule has 1 aromatic rings. The van der Waals surface area contributed by atoms with E-state index in [-0.39, 0.29) is 12.0 Å². The SMILES string of the molecule is Cc1cccnc1NC(=O)CC1CNCCO1. The molecule has 1 amide bonds. The molecule has 17 heavy (non-hydrogen) atoms. The van der Waals surface area contributed by atoms with Crippen molar-refractivity contribution in [2.75, 3.05) is 25.0 Å². The van der Waals surface area contributed by atoms with Gasteiger partial charge in [0, 0.05) is 19.3 Å². The van der Waals surface area contributed by atoms with Crippen LogP contribution >= 0.6 is 0 Å². The quantitative estimate of drug-likeness (QED) is 0.810. The summed E-state index contributed by atoms with van der Waals surface area (Å²) in [4.78, 5) is 15.9. The molecule has 0 bridgehead atoms. The highest BCUT2D eigenvalue weighted by Gasteiger charge is 2.17. The van der Waals surface area contributed by atoms with Crippen LogP contribution in [0, 0.1) is 6.92 Å². The largest absolute Gasteiger partial charge is 0.375 e. The van der Waals surface area contributed by atoms with Gasteiger partial charge in [-0.1, -0.05) is 6.07 Å². The number of nitrogens with zero attached hydrogens (tertiary/aromatic N) is 1. The molecule has 0 aliphatic carbocycles. The Hall–Kier alpha value is -1.46. The van der Waals surface area contributed by atoms with Crippen molar-refractivity contribution in [3.8, 4) is 0 Å². The van der Waals surface area contributed by atoms with Crippen molar-refractivity contribution in [1.82, 2.24) is 10.3 Å². The van der Waals surface area contributed by atoms with Gasteiger partial charge in [0.15, 0.2) is 0 Å². The molecule has 1 unspecified atom stereocenters. The van der Waals surface area contributed by atoms with E-state index in [2.05, 4.69) is 15.6 Å². The summed E-state index contributed by atoms with van der Waals surface area (Å²) in [6, 6.07) is 3.76. The lowest BCUT2D eigenvalue weighted by Crippen LogP contribution is -2.40. The highest BCUT2D eigenvalue weighted by molar-refractivity contribution is 5.90. The van der Waals surface area contributed by atoms with Crippen molar-refractivity contribution in [2.24, 2.45) is 0 Å². The average molecular weight is 235 g/mol. The molecule has 5 heteroatoms. The van der Waals surface area contributed by atoms with Crippen LogP contribution in [0.1, 0.15) is 12.0 Å². The smallest absolute Gasteiger partial charge is 0.228 e. The summed E-state index contributed by atoms with van der Waals surface area (Å²) in [5.74, 6) is 0.571. The van der Waals surface area contributed by atoms with Crippen molar-refractivity contribution in [1.29, 1.82) is 0 Å². The van der Waals surface area contributed by atoms with E-state index in [1.807, 2.05) is 19.1 Å².